The molecule has 102 valence electrons. The number of nitrogens with zero attached hydrogens (tertiary/aromatic N) is 2. The Balaban J connectivity index is 2.43. The molecule has 0 aliphatic carbocycles. The molecule has 1 N–H and O–H groups in total. The lowest BCUT2D eigenvalue weighted by atomic mass is 10.2. The molecule has 0 aliphatic rings. The minimum absolute atomic E-state index is 0.196. The van der Waals surface area contributed by atoms with Crippen molar-refractivity contribution in [1.82, 2.24) is 15.1 Å². The van der Waals surface area contributed by atoms with Crippen molar-refractivity contribution in [3.63, 3.8) is 0 Å². The number of rotatable bonds is 7. The first-order valence-electron chi connectivity index (χ1n) is 6.03. The number of methoxy groups -OCH3 is 1. The van der Waals surface area contributed by atoms with Gasteiger partial charge in [-0.25, -0.2) is 0 Å². The molecule has 5 nitrogen and oxygen atoms in total. The van der Waals surface area contributed by atoms with E-state index in [1.54, 1.807) is 11.8 Å². The number of hydrogen-bond acceptors (Lipinski definition) is 5. The third-order valence-corrected chi connectivity index (χ3v) is 3.67. The Morgan fingerprint density at radius 2 is 2.39 bits per heavy atom. The highest BCUT2D eigenvalue weighted by Gasteiger charge is 2.17. The van der Waals surface area contributed by atoms with Gasteiger partial charge >= 0.3 is 5.97 Å². The standard InChI is InChI=1S/C12H21N3O2S/c1-5-13-10(12(16)17-4)6-7-18-11-8-9(2)14-15(11)3/h8,10,13H,5-7H2,1-4H3. The number of aromatic nitrogens is 2. The zero-order valence-electron chi connectivity index (χ0n) is 11.4. The topological polar surface area (TPSA) is 56.2 Å². The molecular formula is C12H21N3O2S. The summed E-state index contributed by atoms with van der Waals surface area (Å²) in [6, 6.07) is 1.83. The summed E-state index contributed by atoms with van der Waals surface area (Å²) in [6.45, 7) is 4.71. The van der Waals surface area contributed by atoms with Gasteiger partial charge in [-0.1, -0.05) is 6.92 Å². The van der Waals surface area contributed by atoms with Crippen LogP contribution in [-0.4, -0.2) is 41.2 Å². The molecule has 0 spiro atoms. The lowest BCUT2D eigenvalue weighted by Gasteiger charge is -2.14. The third-order valence-electron chi connectivity index (χ3n) is 2.55. The van der Waals surface area contributed by atoms with Gasteiger partial charge < -0.3 is 10.1 Å². The van der Waals surface area contributed by atoms with Gasteiger partial charge in [-0.2, -0.15) is 5.10 Å². The van der Waals surface area contributed by atoms with Gasteiger partial charge in [0.25, 0.3) is 0 Å². The summed E-state index contributed by atoms with van der Waals surface area (Å²) in [6.07, 6.45) is 0.745. The molecule has 18 heavy (non-hydrogen) atoms. The molecule has 6 heteroatoms. The van der Waals surface area contributed by atoms with Crippen LogP contribution >= 0.6 is 11.8 Å². The summed E-state index contributed by atoms with van der Waals surface area (Å²) in [4.78, 5) is 11.5. The van der Waals surface area contributed by atoms with Gasteiger partial charge in [0.15, 0.2) is 0 Å². The van der Waals surface area contributed by atoms with E-state index in [-0.39, 0.29) is 12.0 Å². The lowest BCUT2D eigenvalue weighted by Crippen LogP contribution is -2.37. The maximum absolute atomic E-state index is 11.5. The second-order valence-electron chi connectivity index (χ2n) is 4.02. The number of esters is 1. The van der Waals surface area contributed by atoms with Crippen LogP contribution in [0.4, 0.5) is 0 Å². The lowest BCUT2D eigenvalue weighted by molar-refractivity contribution is -0.143. The van der Waals surface area contributed by atoms with Gasteiger partial charge in [0.1, 0.15) is 6.04 Å². The number of carbonyl (C=O) groups excluding carboxylic acids is 1. The first-order chi connectivity index (χ1) is 8.58. The highest BCUT2D eigenvalue weighted by Crippen LogP contribution is 2.19. The van der Waals surface area contributed by atoms with E-state index in [0.29, 0.717) is 0 Å². The number of ether oxygens (including phenoxy) is 1. The molecule has 1 atom stereocenters. The molecular weight excluding hydrogens is 250 g/mol. The zero-order valence-corrected chi connectivity index (χ0v) is 12.2. The van der Waals surface area contributed by atoms with Crippen molar-refractivity contribution in [3.8, 4) is 0 Å². The number of nitrogens with one attached hydrogen (secondary N) is 1. The van der Waals surface area contributed by atoms with E-state index in [4.69, 9.17) is 4.74 Å². The molecule has 1 aromatic heterocycles. The van der Waals surface area contributed by atoms with Crippen LogP contribution in [0.5, 0.6) is 0 Å². The molecule has 1 heterocycles. The van der Waals surface area contributed by atoms with E-state index in [1.807, 2.05) is 31.6 Å². The van der Waals surface area contributed by atoms with Gasteiger partial charge in [-0.05, 0) is 26.0 Å². The smallest absolute Gasteiger partial charge is 0.322 e. The van der Waals surface area contributed by atoms with Crippen molar-refractivity contribution in [2.24, 2.45) is 7.05 Å². The summed E-state index contributed by atoms with van der Waals surface area (Å²) in [5.41, 5.74) is 1.01. The second-order valence-corrected chi connectivity index (χ2v) is 5.13. The van der Waals surface area contributed by atoms with Gasteiger partial charge in [0.2, 0.25) is 0 Å². The van der Waals surface area contributed by atoms with E-state index in [9.17, 15) is 4.79 Å². The van der Waals surface area contributed by atoms with Gasteiger partial charge in [-0.3, -0.25) is 9.48 Å². The molecule has 0 amide bonds. The molecule has 0 saturated heterocycles. The molecule has 0 bridgehead atoms. The number of aryl methyl sites for hydroxylation is 2. The predicted molar refractivity (Wildman–Crippen MR) is 72.8 cm³/mol. The predicted octanol–water partition coefficient (Wildman–Crippen LogP) is 1.36. The summed E-state index contributed by atoms with van der Waals surface area (Å²) in [5, 5.41) is 8.53. The Labute approximate surface area is 112 Å². The van der Waals surface area contributed by atoms with Crippen LogP contribution in [0.1, 0.15) is 19.0 Å². The molecule has 0 aromatic carbocycles. The van der Waals surface area contributed by atoms with Crippen LogP contribution in [-0.2, 0) is 16.6 Å². The van der Waals surface area contributed by atoms with Crippen LogP contribution in [0, 0.1) is 6.92 Å². The highest BCUT2D eigenvalue weighted by molar-refractivity contribution is 7.99. The fourth-order valence-electron chi connectivity index (χ4n) is 1.70. The van der Waals surface area contributed by atoms with Crippen LogP contribution in [0.15, 0.2) is 11.1 Å². The molecule has 1 aromatic rings. The average Bonchev–Trinajstić information content (AvgIpc) is 2.66. The molecule has 0 radical (unpaired) electrons. The van der Waals surface area contributed by atoms with Crippen molar-refractivity contribution in [1.29, 1.82) is 0 Å². The van der Waals surface area contributed by atoms with E-state index in [0.717, 1.165) is 29.4 Å². The first kappa shape index (κ1) is 15.0. The molecule has 0 aliphatic heterocycles. The number of carbonyl (C=O) groups is 1. The Kier molecular flexibility index (Phi) is 6.21. The van der Waals surface area contributed by atoms with Gasteiger partial charge in [0, 0.05) is 12.8 Å². The molecule has 0 fully saturated rings. The van der Waals surface area contributed by atoms with Crippen molar-refractivity contribution in [2.75, 3.05) is 19.4 Å². The Morgan fingerprint density at radius 3 is 2.89 bits per heavy atom. The number of thioether (sulfide) groups is 1. The first-order valence-corrected chi connectivity index (χ1v) is 7.01. The Hall–Kier alpha value is -1.01. The minimum atomic E-state index is -0.221. The monoisotopic (exact) mass is 271 g/mol. The van der Waals surface area contributed by atoms with Crippen LogP contribution in [0.3, 0.4) is 0 Å². The van der Waals surface area contributed by atoms with Gasteiger partial charge in [-0.15, -0.1) is 11.8 Å². The third kappa shape index (κ3) is 4.34. The maximum Gasteiger partial charge on any atom is 0.322 e. The van der Waals surface area contributed by atoms with E-state index < -0.39 is 0 Å². The van der Waals surface area contributed by atoms with Crippen molar-refractivity contribution in [2.45, 2.75) is 31.3 Å². The summed E-state index contributed by atoms with van der Waals surface area (Å²) in [7, 11) is 3.35. The fraction of sp³-hybridized carbons (Fsp3) is 0.667. The summed E-state index contributed by atoms with van der Waals surface area (Å²) >= 11 is 1.70. The summed E-state index contributed by atoms with van der Waals surface area (Å²) in [5.74, 6) is 0.657. The van der Waals surface area contributed by atoms with Gasteiger partial charge in [0.05, 0.1) is 17.8 Å². The average molecular weight is 271 g/mol. The van der Waals surface area contributed by atoms with E-state index in [1.165, 1.54) is 7.11 Å². The van der Waals surface area contributed by atoms with E-state index in [2.05, 4.69) is 10.4 Å². The van der Waals surface area contributed by atoms with Crippen molar-refractivity contribution < 1.29 is 9.53 Å². The fourth-order valence-corrected chi connectivity index (χ4v) is 2.74. The SMILES string of the molecule is CCNC(CCSc1cc(C)nn1C)C(=O)OC. The van der Waals surface area contributed by atoms with E-state index >= 15 is 0 Å². The normalized spacial score (nSPS) is 12.4. The summed E-state index contributed by atoms with van der Waals surface area (Å²) < 4.78 is 6.63. The zero-order chi connectivity index (χ0) is 13.5. The van der Waals surface area contributed by atoms with Crippen molar-refractivity contribution >= 4 is 17.7 Å². The molecule has 1 rings (SSSR count). The van der Waals surface area contributed by atoms with Crippen molar-refractivity contribution in [3.05, 3.63) is 11.8 Å². The Morgan fingerprint density at radius 1 is 1.67 bits per heavy atom. The largest absolute Gasteiger partial charge is 0.468 e. The quantitative estimate of drug-likeness (QED) is 0.599. The number of likely N-dealkylation sites (N-methyl/N-ethyl adjacent to an activating group) is 1. The second kappa shape index (κ2) is 7.43. The maximum atomic E-state index is 11.5. The minimum Gasteiger partial charge on any atom is -0.468 e. The molecule has 1 unspecified atom stereocenters. The van der Waals surface area contributed by atoms with Crippen LogP contribution in [0.2, 0.25) is 0 Å². The Bertz CT molecular complexity index is 393. The van der Waals surface area contributed by atoms with Crippen LogP contribution < -0.4 is 5.32 Å². The molecule has 0 saturated carbocycles. The number of hydrogen-bond donors (Lipinski definition) is 1. The van der Waals surface area contributed by atoms with Crippen LogP contribution in [0.25, 0.3) is 0 Å². The highest BCUT2D eigenvalue weighted by atomic mass is 32.2.